The molecule has 0 fully saturated rings. The van der Waals surface area contributed by atoms with Crippen LogP contribution in [-0.2, 0) is 16.6 Å². The van der Waals surface area contributed by atoms with E-state index in [1.165, 1.54) is 12.4 Å². The van der Waals surface area contributed by atoms with Crippen LogP contribution in [0, 0.1) is 0 Å². The summed E-state index contributed by atoms with van der Waals surface area (Å²) in [5, 5.41) is 3.98. The number of imidazole rings is 1. The Hall–Kier alpha value is -2.61. The van der Waals surface area contributed by atoms with Crippen molar-refractivity contribution >= 4 is 15.7 Å². The van der Waals surface area contributed by atoms with Crippen molar-refractivity contribution in [2.45, 2.75) is 18.4 Å². The predicted molar refractivity (Wildman–Crippen MR) is 82.7 cm³/mol. The Morgan fingerprint density at radius 2 is 2.05 bits per heavy atom. The van der Waals surface area contributed by atoms with Gasteiger partial charge in [0.05, 0.1) is 6.20 Å². The van der Waals surface area contributed by atoms with Crippen LogP contribution >= 0.6 is 0 Å². The normalized spacial score (nSPS) is 11.5. The molecule has 2 N–H and O–H groups in total. The molecule has 2 aromatic heterocycles. The largest absolute Gasteiger partial charge is 0.345 e. The summed E-state index contributed by atoms with van der Waals surface area (Å²) in [7, 11) is -3.63. The maximum absolute atomic E-state index is 12.3. The fourth-order valence-corrected chi connectivity index (χ4v) is 3.00. The Balaban J connectivity index is 1.80. The van der Waals surface area contributed by atoms with E-state index in [-0.39, 0.29) is 4.90 Å². The number of hydrogen-bond acceptors (Lipinski definition) is 4. The second-order valence-corrected chi connectivity index (χ2v) is 6.33. The highest BCUT2D eigenvalue weighted by atomic mass is 32.2. The Labute approximate surface area is 128 Å². The molecular weight excluding hydrogens is 302 g/mol. The van der Waals surface area contributed by atoms with Crippen molar-refractivity contribution in [2.24, 2.45) is 0 Å². The number of hydrogen-bond donors (Lipinski definition) is 2. The zero-order valence-electron chi connectivity index (χ0n) is 11.9. The summed E-state index contributed by atoms with van der Waals surface area (Å²) in [5.74, 6) is 0.735. The molecule has 0 aliphatic heterocycles. The van der Waals surface area contributed by atoms with Crippen molar-refractivity contribution in [1.29, 1.82) is 0 Å². The predicted octanol–water partition coefficient (Wildman–Crippen LogP) is 2.09. The number of nitrogens with one attached hydrogen (secondary N) is 2. The molecule has 0 radical (unpaired) electrons. The van der Waals surface area contributed by atoms with Crippen LogP contribution in [0.4, 0.5) is 5.69 Å². The van der Waals surface area contributed by atoms with Gasteiger partial charge in [-0.1, -0.05) is 0 Å². The highest BCUT2D eigenvalue weighted by Crippen LogP contribution is 2.20. The number of rotatable bonds is 5. The topological polar surface area (TPSA) is 92.7 Å². The van der Waals surface area contributed by atoms with Gasteiger partial charge in [0.1, 0.15) is 10.7 Å². The van der Waals surface area contributed by atoms with Gasteiger partial charge in [-0.15, -0.1) is 0 Å². The maximum Gasteiger partial charge on any atom is 0.265 e. The van der Waals surface area contributed by atoms with Crippen molar-refractivity contribution < 1.29 is 8.42 Å². The van der Waals surface area contributed by atoms with E-state index in [2.05, 4.69) is 19.8 Å². The summed E-state index contributed by atoms with van der Waals surface area (Å²) in [6, 6.07) is 6.98. The summed E-state index contributed by atoms with van der Waals surface area (Å²) in [6.45, 7) is 2.51. The van der Waals surface area contributed by atoms with Crippen LogP contribution in [0.1, 0.15) is 6.92 Å². The van der Waals surface area contributed by atoms with Crippen LogP contribution in [-0.4, -0.2) is 28.2 Å². The van der Waals surface area contributed by atoms with Gasteiger partial charge in [0, 0.05) is 36.4 Å². The lowest BCUT2D eigenvalue weighted by Crippen LogP contribution is -2.12. The number of sulfonamides is 1. The Morgan fingerprint density at radius 3 is 2.64 bits per heavy atom. The van der Waals surface area contributed by atoms with Crippen LogP contribution in [0.15, 0.2) is 53.9 Å². The first-order valence-electron chi connectivity index (χ1n) is 6.73. The van der Waals surface area contributed by atoms with Gasteiger partial charge < -0.3 is 4.98 Å². The van der Waals surface area contributed by atoms with Crippen molar-refractivity contribution in [1.82, 2.24) is 19.7 Å². The third-order valence-corrected chi connectivity index (χ3v) is 4.49. The second kappa shape index (κ2) is 5.64. The fourth-order valence-electron chi connectivity index (χ4n) is 1.99. The van der Waals surface area contributed by atoms with Crippen molar-refractivity contribution in [3.05, 3.63) is 49.1 Å². The lowest BCUT2D eigenvalue weighted by Gasteiger charge is -2.06. The lowest BCUT2D eigenvalue weighted by atomic mass is 10.2. The van der Waals surface area contributed by atoms with Gasteiger partial charge in [0.25, 0.3) is 10.0 Å². The first-order valence-corrected chi connectivity index (χ1v) is 8.22. The minimum atomic E-state index is -3.63. The van der Waals surface area contributed by atoms with Crippen LogP contribution in [0.5, 0.6) is 0 Å². The molecular formula is C14H15N5O2S. The molecule has 3 aromatic rings. The van der Waals surface area contributed by atoms with E-state index in [1.54, 1.807) is 41.3 Å². The summed E-state index contributed by atoms with van der Waals surface area (Å²) in [6.07, 6.45) is 6.23. The monoisotopic (exact) mass is 317 g/mol. The number of H-pyrrole nitrogens is 1. The number of aromatic nitrogens is 4. The van der Waals surface area contributed by atoms with Crippen LogP contribution in [0.25, 0.3) is 11.4 Å². The minimum Gasteiger partial charge on any atom is -0.345 e. The molecule has 1 aromatic carbocycles. The number of nitrogens with zero attached hydrogens (tertiary/aromatic N) is 3. The summed E-state index contributed by atoms with van der Waals surface area (Å²) < 4.78 is 28.6. The zero-order chi connectivity index (χ0) is 15.6. The molecule has 0 spiro atoms. The molecule has 2 heterocycles. The molecule has 0 bridgehead atoms. The third kappa shape index (κ3) is 2.86. The molecule has 0 atom stereocenters. The molecule has 7 nitrogen and oxygen atoms in total. The summed E-state index contributed by atoms with van der Waals surface area (Å²) in [4.78, 5) is 7.28. The van der Waals surface area contributed by atoms with Gasteiger partial charge in [0.15, 0.2) is 0 Å². The van der Waals surface area contributed by atoms with Crippen LogP contribution < -0.4 is 4.72 Å². The van der Waals surface area contributed by atoms with Gasteiger partial charge in [-0.05, 0) is 31.2 Å². The quantitative estimate of drug-likeness (QED) is 0.753. The smallest absolute Gasteiger partial charge is 0.265 e. The lowest BCUT2D eigenvalue weighted by molar-refractivity contribution is 0.600. The van der Waals surface area contributed by atoms with E-state index in [4.69, 9.17) is 0 Å². The van der Waals surface area contributed by atoms with Crippen LogP contribution in [0.3, 0.4) is 0 Å². The Morgan fingerprint density at radius 1 is 1.27 bits per heavy atom. The van der Waals surface area contributed by atoms with E-state index >= 15 is 0 Å². The molecule has 0 amide bonds. The Kier molecular flexibility index (Phi) is 3.68. The molecule has 8 heteroatoms. The Bertz CT molecular complexity index is 851. The highest BCUT2D eigenvalue weighted by Gasteiger charge is 2.16. The average molecular weight is 317 g/mol. The van der Waals surface area contributed by atoms with E-state index in [0.29, 0.717) is 12.2 Å². The van der Waals surface area contributed by atoms with Crippen molar-refractivity contribution in [3.63, 3.8) is 0 Å². The summed E-state index contributed by atoms with van der Waals surface area (Å²) >= 11 is 0. The van der Waals surface area contributed by atoms with Gasteiger partial charge in [0.2, 0.25) is 0 Å². The van der Waals surface area contributed by atoms with E-state index in [9.17, 15) is 8.42 Å². The molecule has 3 rings (SSSR count). The minimum absolute atomic E-state index is 0.143. The van der Waals surface area contributed by atoms with E-state index in [0.717, 1.165) is 11.4 Å². The van der Waals surface area contributed by atoms with Gasteiger partial charge in [-0.3, -0.25) is 9.40 Å². The van der Waals surface area contributed by atoms with E-state index < -0.39 is 10.0 Å². The number of benzene rings is 1. The first-order chi connectivity index (χ1) is 10.6. The number of aromatic amines is 1. The van der Waals surface area contributed by atoms with Crippen LogP contribution in [0.2, 0.25) is 0 Å². The molecule has 22 heavy (non-hydrogen) atoms. The first kappa shape index (κ1) is 14.3. The molecule has 114 valence electrons. The SMILES string of the molecule is CCn1cc(S(=O)(=O)Nc2ccc(-c3ncc[nH]3)cc2)cn1. The molecule has 0 unspecified atom stereocenters. The number of aryl methyl sites for hydroxylation is 1. The van der Waals surface area contributed by atoms with Crippen molar-refractivity contribution in [2.75, 3.05) is 4.72 Å². The van der Waals surface area contributed by atoms with Gasteiger partial charge in [-0.25, -0.2) is 13.4 Å². The fraction of sp³-hybridized carbons (Fsp3) is 0.143. The summed E-state index contributed by atoms with van der Waals surface area (Å²) in [5.41, 5.74) is 1.37. The van der Waals surface area contributed by atoms with Gasteiger partial charge >= 0.3 is 0 Å². The zero-order valence-corrected chi connectivity index (χ0v) is 12.7. The molecule has 0 saturated heterocycles. The van der Waals surface area contributed by atoms with Gasteiger partial charge in [-0.2, -0.15) is 5.10 Å². The standard InChI is InChI=1S/C14H15N5O2S/c1-2-19-10-13(9-17-19)22(20,21)18-12-5-3-11(4-6-12)14-15-7-8-16-14/h3-10,18H,2H2,1H3,(H,15,16). The van der Waals surface area contributed by atoms with E-state index in [1.807, 2.05) is 6.92 Å². The number of anilines is 1. The molecule has 0 aliphatic carbocycles. The van der Waals surface area contributed by atoms with Crippen molar-refractivity contribution in [3.8, 4) is 11.4 Å². The highest BCUT2D eigenvalue weighted by molar-refractivity contribution is 7.92. The maximum atomic E-state index is 12.3. The molecule has 0 aliphatic rings. The molecule has 0 saturated carbocycles. The average Bonchev–Trinajstić information content (AvgIpc) is 3.19. The second-order valence-electron chi connectivity index (χ2n) is 4.65. The third-order valence-electron chi connectivity index (χ3n) is 3.15.